The minimum Gasteiger partial charge on any atom is -0.337 e. The second kappa shape index (κ2) is 4.67. The molecule has 1 aromatic carbocycles. The molecule has 1 aromatic rings. The molecule has 17 heavy (non-hydrogen) atoms. The van der Waals surface area contributed by atoms with Crippen LogP contribution in [0.4, 0.5) is 0 Å². The number of nitrogens with zero attached hydrogens (tertiary/aromatic N) is 1. The lowest BCUT2D eigenvalue weighted by molar-refractivity contribution is 0.0787. The number of nitrogens with two attached hydrogens (primary N) is 1. The summed E-state index contributed by atoms with van der Waals surface area (Å²) >= 11 is 6.03. The van der Waals surface area contributed by atoms with Crippen LogP contribution in [0, 0.1) is 12.8 Å². The Morgan fingerprint density at radius 2 is 2.18 bits per heavy atom. The number of hydrogen-bond donors (Lipinski definition) is 1. The van der Waals surface area contributed by atoms with Gasteiger partial charge in [-0.05, 0) is 30.5 Å². The Morgan fingerprint density at radius 1 is 1.47 bits per heavy atom. The highest BCUT2D eigenvalue weighted by molar-refractivity contribution is 6.31. The monoisotopic (exact) mass is 252 g/mol. The Hall–Kier alpha value is -1.06. The van der Waals surface area contributed by atoms with Crippen LogP contribution in [0.25, 0.3) is 0 Å². The lowest BCUT2D eigenvalue weighted by Crippen LogP contribution is -2.32. The molecular weight excluding hydrogens is 236 g/mol. The lowest BCUT2D eigenvalue weighted by Gasteiger charge is -2.16. The van der Waals surface area contributed by atoms with Crippen molar-refractivity contribution < 1.29 is 4.79 Å². The van der Waals surface area contributed by atoms with Crippen LogP contribution in [0.15, 0.2) is 18.2 Å². The van der Waals surface area contributed by atoms with Crippen molar-refractivity contribution in [3.63, 3.8) is 0 Å². The summed E-state index contributed by atoms with van der Waals surface area (Å²) in [6, 6.07) is 5.50. The molecule has 1 fully saturated rings. The Bertz CT molecular complexity index is 437. The third-order valence-corrected chi connectivity index (χ3v) is 3.78. The van der Waals surface area contributed by atoms with Gasteiger partial charge in [0.2, 0.25) is 0 Å². The quantitative estimate of drug-likeness (QED) is 0.832. The average molecular weight is 253 g/mol. The van der Waals surface area contributed by atoms with E-state index in [1.54, 1.807) is 11.0 Å². The van der Waals surface area contributed by atoms with Crippen LogP contribution in [0.1, 0.15) is 22.8 Å². The summed E-state index contributed by atoms with van der Waals surface area (Å²) in [7, 11) is 0. The third-order valence-electron chi connectivity index (χ3n) is 3.38. The molecule has 1 heterocycles. The summed E-state index contributed by atoms with van der Waals surface area (Å²) in [6.45, 7) is 5.35. The molecule has 1 saturated heterocycles. The van der Waals surface area contributed by atoms with Crippen molar-refractivity contribution in [1.82, 2.24) is 4.90 Å². The second-order valence-electron chi connectivity index (χ2n) is 4.82. The van der Waals surface area contributed by atoms with Crippen LogP contribution in [0.2, 0.25) is 5.02 Å². The van der Waals surface area contributed by atoms with E-state index in [2.05, 4.69) is 6.92 Å². The predicted octanol–water partition coefficient (Wildman–Crippen LogP) is 2.07. The molecule has 2 atom stereocenters. The van der Waals surface area contributed by atoms with Gasteiger partial charge in [0, 0.05) is 29.7 Å². The molecular formula is C13H17ClN2O. The van der Waals surface area contributed by atoms with Crippen molar-refractivity contribution >= 4 is 17.5 Å². The molecule has 92 valence electrons. The van der Waals surface area contributed by atoms with E-state index in [1.165, 1.54) is 0 Å². The Balaban J connectivity index is 2.17. The molecule has 1 aliphatic rings. The van der Waals surface area contributed by atoms with Gasteiger partial charge in [-0.1, -0.05) is 24.6 Å². The van der Waals surface area contributed by atoms with Crippen molar-refractivity contribution in [2.45, 2.75) is 19.9 Å². The fourth-order valence-corrected chi connectivity index (χ4v) is 2.25. The lowest BCUT2D eigenvalue weighted by atomic mass is 10.1. The normalized spacial score (nSPS) is 24.1. The molecule has 0 bridgehead atoms. The van der Waals surface area contributed by atoms with Gasteiger partial charge in [-0.25, -0.2) is 0 Å². The number of halogens is 1. The van der Waals surface area contributed by atoms with Crippen LogP contribution >= 0.6 is 11.6 Å². The van der Waals surface area contributed by atoms with Gasteiger partial charge in [0.25, 0.3) is 5.91 Å². The van der Waals surface area contributed by atoms with Crippen LogP contribution < -0.4 is 5.73 Å². The number of likely N-dealkylation sites (tertiary alicyclic amines) is 1. The fourth-order valence-electron chi connectivity index (χ4n) is 2.07. The number of carbonyl (C=O) groups excluding carboxylic acids is 1. The number of amides is 1. The topological polar surface area (TPSA) is 46.3 Å². The maximum absolute atomic E-state index is 12.2. The molecule has 1 amide bonds. The van der Waals surface area contributed by atoms with Crippen molar-refractivity contribution in [2.75, 3.05) is 13.1 Å². The number of carbonyl (C=O) groups is 1. The highest BCUT2D eigenvalue weighted by Crippen LogP contribution is 2.21. The molecule has 4 heteroatoms. The largest absolute Gasteiger partial charge is 0.337 e. The van der Waals surface area contributed by atoms with Crippen LogP contribution in [0.3, 0.4) is 0 Å². The first-order valence-electron chi connectivity index (χ1n) is 5.80. The van der Waals surface area contributed by atoms with Crippen molar-refractivity contribution in [3.8, 4) is 0 Å². The summed E-state index contributed by atoms with van der Waals surface area (Å²) < 4.78 is 0. The average Bonchev–Trinajstić information content (AvgIpc) is 2.62. The van der Waals surface area contributed by atoms with Crippen LogP contribution in [-0.4, -0.2) is 29.9 Å². The minimum atomic E-state index is 0.0201. The summed E-state index contributed by atoms with van der Waals surface area (Å²) in [5.74, 6) is 0.381. The maximum atomic E-state index is 12.2. The summed E-state index contributed by atoms with van der Waals surface area (Å²) in [5, 5.41) is 0.632. The van der Waals surface area contributed by atoms with Crippen LogP contribution in [-0.2, 0) is 0 Å². The van der Waals surface area contributed by atoms with Gasteiger partial charge in [-0.15, -0.1) is 0 Å². The highest BCUT2D eigenvalue weighted by Gasteiger charge is 2.30. The standard InChI is InChI=1S/C13H17ClN2O/c1-8-3-4-10(5-11(8)14)13(17)16-6-9(2)12(15)7-16/h3-5,9,12H,6-7,15H2,1-2H3. The Labute approximate surface area is 107 Å². The summed E-state index contributed by atoms with van der Waals surface area (Å²) in [6.07, 6.45) is 0. The molecule has 2 N–H and O–H groups in total. The van der Waals surface area contributed by atoms with E-state index in [4.69, 9.17) is 17.3 Å². The zero-order valence-electron chi connectivity index (χ0n) is 10.1. The van der Waals surface area contributed by atoms with E-state index in [1.807, 2.05) is 19.1 Å². The molecule has 3 nitrogen and oxygen atoms in total. The van der Waals surface area contributed by atoms with E-state index in [-0.39, 0.29) is 11.9 Å². The fraction of sp³-hybridized carbons (Fsp3) is 0.462. The van der Waals surface area contributed by atoms with Crippen molar-refractivity contribution in [3.05, 3.63) is 34.3 Å². The van der Waals surface area contributed by atoms with Gasteiger partial charge in [-0.3, -0.25) is 4.79 Å². The number of rotatable bonds is 1. The molecule has 0 aliphatic carbocycles. The van der Waals surface area contributed by atoms with E-state index in [0.717, 1.165) is 12.1 Å². The van der Waals surface area contributed by atoms with Gasteiger partial charge < -0.3 is 10.6 Å². The molecule has 2 unspecified atom stereocenters. The van der Waals surface area contributed by atoms with Gasteiger partial charge in [-0.2, -0.15) is 0 Å². The predicted molar refractivity (Wildman–Crippen MR) is 69.2 cm³/mol. The van der Waals surface area contributed by atoms with Gasteiger partial charge in [0.1, 0.15) is 0 Å². The Morgan fingerprint density at radius 3 is 2.71 bits per heavy atom. The molecule has 0 spiro atoms. The SMILES string of the molecule is Cc1ccc(C(=O)N2CC(C)C(N)C2)cc1Cl. The first-order chi connectivity index (χ1) is 7.99. The van der Waals surface area contributed by atoms with Gasteiger partial charge >= 0.3 is 0 Å². The number of benzene rings is 1. The first-order valence-corrected chi connectivity index (χ1v) is 6.18. The minimum absolute atomic E-state index is 0.0201. The Kier molecular flexibility index (Phi) is 3.40. The van der Waals surface area contributed by atoms with Crippen molar-refractivity contribution in [1.29, 1.82) is 0 Å². The zero-order valence-corrected chi connectivity index (χ0v) is 10.9. The zero-order chi connectivity index (χ0) is 12.6. The number of hydrogen-bond acceptors (Lipinski definition) is 2. The molecule has 0 radical (unpaired) electrons. The molecule has 0 aromatic heterocycles. The maximum Gasteiger partial charge on any atom is 0.253 e. The van der Waals surface area contributed by atoms with E-state index in [0.29, 0.717) is 23.0 Å². The second-order valence-corrected chi connectivity index (χ2v) is 5.22. The van der Waals surface area contributed by atoms with Gasteiger partial charge in [0.15, 0.2) is 0 Å². The summed E-state index contributed by atoms with van der Waals surface area (Å²) in [4.78, 5) is 14.0. The van der Waals surface area contributed by atoms with Gasteiger partial charge in [0.05, 0.1) is 0 Å². The van der Waals surface area contributed by atoms with E-state index in [9.17, 15) is 4.79 Å². The van der Waals surface area contributed by atoms with Crippen LogP contribution in [0.5, 0.6) is 0 Å². The third kappa shape index (κ3) is 2.45. The number of aryl methyl sites for hydroxylation is 1. The first kappa shape index (κ1) is 12.4. The van der Waals surface area contributed by atoms with E-state index < -0.39 is 0 Å². The van der Waals surface area contributed by atoms with Crippen molar-refractivity contribution in [2.24, 2.45) is 11.7 Å². The highest BCUT2D eigenvalue weighted by atomic mass is 35.5. The van der Waals surface area contributed by atoms with E-state index >= 15 is 0 Å². The summed E-state index contributed by atoms with van der Waals surface area (Å²) in [5.41, 5.74) is 7.54. The molecule has 0 saturated carbocycles. The molecule has 2 rings (SSSR count). The smallest absolute Gasteiger partial charge is 0.253 e. The molecule has 1 aliphatic heterocycles.